The lowest BCUT2D eigenvalue weighted by Gasteiger charge is -2.21. The zero-order valence-electron chi connectivity index (χ0n) is 10.2. The van der Waals surface area contributed by atoms with E-state index >= 15 is 0 Å². The lowest BCUT2D eigenvalue weighted by atomic mass is 10.1. The first-order valence-corrected chi connectivity index (χ1v) is 6.68. The summed E-state index contributed by atoms with van der Waals surface area (Å²) in [6.45, 7) is 0. The minimum absolute atomic E-state index is 0.0783. The highest BCUT2D eigenvalue weighted by Crippen LogP contribution is 2.28. The number of methoxy groups -OCH3 is 1. The summed E-state index contributed by atoms with van der Waals surface area (Å²) in [4.78, 5) is 24.5. The fourth-order valence-electron chi connectivity index (χ4n) is 1.82. The van der Waals surface area contributed by atoms with Crippen LogP contribution in [0, 0.1) is 0 Å². The van der Waals surface area contributed by atoms with Crippen molar-refractivity contribution in [1.29, 1.82) is 0 Å². The number of nitrogens with zero attached hydrogens (tertiary/aromatic N) is 1. The van der Waals surface area contributed by atoms with Crippen LogP contribution < -0.4 is 4.74 Å². The monoisotopic (exact) mass is 283 g/mol. The summed E-state index contributed by atoms with van der Waals surface area (Å²) in [7, 11) is 1.45. The summed E-state index contributed by atoms with van der Waals surface area (Å²) in [6, 6.07) is 3.45. The Morgan fingerprint density at radius 2 is 2.21 bits per heavy atom. The number of phenols is 1. The second-order valence-electron chi connectivity index (χ2n) is 4.01. The molecule has 1 aromatic rings. The summed E-state index contributed by atoms with van der Waals surface area (Å²) < 4.78 is 4.93. The first-order chi connectivity index (χ1) is 9.04. The molecule has 1 amide bonds. The molecular formula is C12H13NO5S. The van der Waals surface area contributed by atoms with Crippen molar-refractivity contribution in [3.8, 4) is 11.5 Å². The van der Waals surface area contributed by atoms with Gasteiger partial charge in [0.25, 0.3) is 5.91 Å². The number of ether oxygens (including phenoxy) is 1. The molecule has 1 heterocycles. The van der Waals surface area contributed by atoms with E-state index < -0.39 is 17.9 Å². The van der Waals surface area contributed by atoms with Crippen LogP contribution in [0.3, 0.4) is 0 Å². The van der Waals surface area contributed by atoms with Gasteiger partial charge in [0.2, 0.25) is 0 Å². The van der Waals surface area contributed by atoms with Crippen molar-refractivity contribution >= 4 is 23.6 Å². The van der Waals surface area contributed by atoms with Crippen molar-refractivity contribution in [3.05, 3.63) is 23.8 Å². The van der Waals surface area contributed by atoms with Crippen LogP contribution in [0.25, 0.3) is 0 Å². The molecule has 102 valence electrons. The minimum Gasteiger partial charge on any atom is -0.507 e. The number of carboxylic acid groups (broad SMARTS) is 1. The molecule has 0 aromatic heterocycles. The fraction of sp³-hybridized carbons (Fsp3) is 0.333. The Hall–Kier alpha value is -1.89. The predicted molar refractivity (Wildman–Crippen MR) is 69.6 cm³/mol. The normalized spacial score (nSPS) is 18.4. The zero-order valence-corrected chi connectivity index (χ0v) is 11.0. The molecule has 1 saturated heterocycles. The third-order valence-corrected chi connectivity index (χ3v) is 3.88. The maximum Gasteiger partial charge on any atom is 0.327 e. The molecule has 7 heteroatoms. The van der Waals surface area contributed by atoms with E-state index in [2.05, 4.69) is 0 Å². The standard InChI is InChI=1S/C12H13NO5S/c1-18-7-2-3-8(10(14)4-7)11(15)13-6-19-5-9(13)12(16)17/h2-4,9,14H,5-6H2,1H3,(H,16,17)/t9-/m0/s1. The van der Waals surface area contributed by atoms with Crippen LogP contribution in [0.1, 0.15) is 10.4 Å². The van der Waals surface area contributed by atoms with Crippen LogP contribution in [-0.4, -0.2) is 51.8 Å². The molecule has 1 aliphatic heterocycles. The van der Waals surface area contributed by atoms with Gasteiger partial charge in [-0.1, -0.05) is 0 Å². The smallest absolute Gasteiger partial charge is 0.327 e. The van der Waals surface area contributed by atoms with Crippen molar-refractivity contribution in [2.24, 2.45) is 0 Å². The summed E-state index contributed by atoms with van der Waals surface area (Å²) in [6.07, 6.45) is 0. The van der Waals surface area contributed by atoms with E-state index in [9.17, 15) is 14.7 Å². The number of hydrogen-bond donors (Lipinski definition) is 2. The van der Waals surface area contributed by atoms with Crippen LogP contribution >= 0.6 is 11.8 Å². The van der Waals surface area contributed by atoms with Crippen LogP contribution in [0.15, 0.2) is 18.2 Å². The highest BCUT2D eigenvalue weighted by atomic mass is 32.2. The number of thioether (sulfide) groups is 1. The Kier molecular flexibility index (Phi) is 3.84. The van der Waals surface area contributed by atoms with E-state index in [1.54, 1.807) is 6.07 Å². The number of hydrogen-bond acceptors (Lipinski definition) is 5. The second-order valence-corrected chi connectivity index (χ2v) is 5.01. The van der Waals surface area contributed by atoms with E-state index in [1.165, 1.54) is 35.9 Å². The average Bonchev–Trinajstić information content (AvgIpc) is 2.87. The van der Waals surface area contributed by atoms with Gasteiger partial charge < -0.3 is 19.8 Å². The van der Waals surface area contributed by atoms with Gasteiger partial charge >= 0.3 is 5.97 Å². The van der Waals surface area contributed by atoms with Crippen molar-refractivity contribution in [2.75, 3.05) is 18.7 Å². The average molecular weight is 283 g/mol. The molecule has 2 N–H and O–H groups in total. The van der Waals surface area contributed by atoms with Gasteiger partial charge in [-0.3, -0.25) is 4.79 Å². The zero-order chi connectivity index (χ0) is 14.0. The summed E-state index contributed by atoms with van der Waals surface area (Å²) in [5, 5.41) is 18.8. The van der Waals surface area contributed by atoms with Gasteiger partial charge in [-0.15, -0.1) is 11.8 Å². The number of rotatable bonds is 3. The molecule has 0 radical (unpaired) electrons. The Balaban J connectivity index is 2.26. The Labute approximate surface area is 114 Å². The van der Waals surface area contributed by atoms with E-state index in [0.29, 0.717) is 17.4 Å². The van der Waals surface area contributed by atoms with E-state index in [4.69, 9.17) is 9.84 Å². The molecule has 1 fully saturated rings. The molecule has 19 heavy (non-hydrogen) atoms. The molecule has 0 spiro atoms. The Morgan fingerprint density at radius 1 is 1.47 bits per heavy atom. The van der Waals surface area contributed by atoms with Crippen LogP contribution in [0.5, 0.6) is 11.5 Å². The van der Waals surface area contributed by atoms with Crippen molar-refractivity contribution < 1.29 is 24.5 Å². The quantitative estimate of drug-likeness (QED) is 0.860. The van der Waals surface area contributed by atoms with Gasteiger partial charge in [-0.25, -0.2) is 4.79 Å². The number of benzene rings is 1. The van der Waals surface area contributed by atoms with Crippen molar-refractivity contribution in [2.45, 2.75) is 6.04 Å². The predicted octanol–water partition coefficient (Wildman–Crippen LogP) is 1.00. The van der Waals surface area contributed by atoms with Gasteiger partial charge in [-0.05, 0) is 12.1 Å². The maximum absolute atomic E-state index is 12.2. The number of aromatic hydroxyl groups is 1. The first-order valence-electron chi connectivity index (χ1n) is 5.53. The van der Waals surface area contributed by atoms with Gasteiger partial charge in [0.05, 0.1) is 18.6 Å². The van der Waals surface area contributed by atoms with E-state index in [1.807, 2.05) is 0 Å². The number of phenolic OH excluding ortho intramolecular Hbond substituents is 1. The van der Waals surface area contributed by atoms with Crippen LogP contribution in [0.4, 0.5) is 0 Å². The lowest BCUT2D eigenvalue weighted by molar-refractivity contribution is -0.140. The number of amides is 1. The topological polar surface area (TPSA) is 87.1 Å². The maximum atomic E-state index is 12.2. The number of carbonyl (C=O) groups is 2. The highest BCUT2D eigenvalue weighted by Gasteiger charge is 2.35. The molecule has 6 nitrogen and oxygen atoms in total. The van der Waals surface area contributed by atoms with Crippen molar-refractivity contribution in [3.63, 3.8) is 0 Å². The molecule has 0 saturated carbocycles. The lowest BCUT2D eigenvalue weighted by Crippen LogP contribution is -2.41. The van der Waals surface area contributed by atoms with E-state index in [0.717, 1.165) is 0 Å². The molecule has 1 aromatic carbocycles. The van der Waals surface area contributed by atoms with Gasteiger partial charge in [0.15, 0.2) is 0 Å². The SMILES string of the molecule is COc1ccc(C(=O)N2CSC[C@H]2C(=O)O)c(O)c1. The fourth-order valence-corrected chi connectivity index (χ4v) is 2.97. The summed E-state index contributed by atoms with van der Waals surface area (Å²) in [5.74, 6) is -0.645. The summed E-state index contributed by atoms with van der Waals surface area (Å²) >= 11 is 1.37. The second kappa shape index (κ2) is 5.40. The molecule has 0 bridgehead atoms. The molecule has 0 aliphatic carbocycles. The molecule has 1 aliphatic rings. The first kappa shape index (κ1) is 13.5. The van der Waals surface area contributed by atoms with Crippen molar-refractivity contribution in [1.82, 2.24) is 4.90 Å². The highest BCUT2D eigenvalue weighted by molar-refractivity contribution is 7.99. The molecule has 2 rings (SSSR count). The number of carboxylic acids is 1. The molecule has 1 atom stereocenters. The number of carbonyl (C=O) groups excluding carboxylic acids is 1. The third-order valence-electron chi connectivity index (χ3n) is 2.86. The van der Waals surface area contributed by atoms with Gasteiger partial charge in [0, 0.05) is 11.8 Å². The molecular weight excluding hydrogens is 270 g/mol. The van der Waals surface area contributed by atoms with Crippen LogP contribution in [0.2, 0.25) is 0 Å². The molecule has 0 unspecified atom stereocenters. The Morgan fingerprint density at radius 3 is 2.79 bits per heavy atom. The van der Waals surface area contributed by atoms with Gasteiger partial charge in [-0.2, -0.15) is 0 Å². The van der Waals surface area contributed by atoms with Gasteiger partial charge in [0.1, 0.15) is 17.5 Å². The van der Waals surface area contributed by atoms with E-state index in [-0.39, 0.29) is 11.3 Å². The van der Waals surface area contributed by atoms with Crippen LogP contribution in [-0.2, 0) is 4.79 Å². The minimum atomic E-state index is -1.04. The number of aliphatic carboxylic acids is 1. The third kappa shape index (κ3) is 2.60. The summed E-state index contributed by atoms with van der Waals surface area (Å²) in [5.41, 5.74) is 0.0783. The Bertz CT molecular complexity index is 519. The largest absolute Gasteiger partial charge is 0.507 e.